The fourth-order valence-electron chi connectivity index (χ4n) is 0.921. The lowest BCUT2D eigenvalue weighted by atomic mass is 10.2. The Kier molecular flexibility index (Phi) is 2.43. The second-order valence-electron chi connectivity index (χ2n) is 2.40. The van der Waals surface area contributed by atoms with Crippen LogP contribution in [0.2, 0.25) is 0 Å². The van der Waals surface area contributed by atoms with Crippen LogP contribution in [0, 0.1) is 0 Å². The predicted octanol–water partition coefficient (Wildman–Crippen LogP) is 0.419. The molecule has 58 valence electrons. The summed E-state index contributed by atoms with van der Waals surface area (Å²) in [6.07, 6.45) is 2.05. The van der Waals surface area contributed by atoms with Crippen LogP contribution in [0.4, 0.5) is 4.79 Å². The summed E-state index contributed by atoms with van der Waals surface area (Å²) in [7, 11) is 0. The Labute approximate surface area is 64.9 Å². The third kappa shape index (κ3) is 1.56. The van der Waals surface area contributed by atoms with Crippen LogP contribution in [-0.4, -0.2) is 30.1 Å². The number of carbonyl (C=O) groups excluding carboxylic acids is 1. The van der Waals surface area contributed by atoms with Gasteiger partial charge >= 0.3 is 6.03 Å². The van der Waals surface area contributed by atoms with Gasteiger partial charge in [-0.2, -0.15) is 11.8 Å². The number of urea groups is 1. The van der Waals surface area contributed by atoms with E-state index in [0.717, 1.165) is 6.54 Å². The topological polar surface area (TPSA) is 41.1 Å². The van der Waals surface area contributed by atoms with E-state index in [1.54, 1.807) is 11.8 Å². The Balaban J connectivity index is 2.36. The number of carbonyl (C=O) groups is 1. The zero-order chi connectivity index (χ0) is 7.56. The Bertz CT molecular complexity index is 140. The SMILES string of the molecule is CSC(C)C1CNC(=O)N1. The minimum atomic E-state index is -0.0362. The summed E-state index contributed by atoms with van der Waals surface area (Å²) in [6, 6.07) is 0.272. The highest BCUT2D eigenvalue weighted by molar-refractivity contribution is 7.99. The molecule has 0 radical (unpaired) electrons. The number of amides is 2. The Hall–Kier alpha value is -0.380. The molecule has 2 amide bonds. The van der Waals surface area contributed by atoms with Gasteiger partial charge in [0.25, 0.3) is 0 Å². The van der Waals surface area contributed by atoms with Gasteiger partial charge in [0.15, 0.2) is 0 Å². The lowest BCUT2D eigenvalue weighted by Gasteiger charge is -2.14. The fraction of sp³-hybridized carbons (Fsp3) is 0.833. The summed E-state index contributed by atoms with van der Waals surface area (Å²) in [5.74, 6) is 0. The highest BCUT2D eigenvalue weighted by Crippen LogP contribution is 2.11. The first kappa shape index (κ1) is 7.72. The highest BCUT2D eigenvalue weighted by atomic mass is 32.2. The molecule has 1 aliphatic rings. The molecule has 2 N–H and O–H groups in total. The van der Waals surface area contributed by atoms with Gasteiger partial charge in [-0.1, -0.05) is 6.92 Å². The van der Waals surface area contributed by atoms with Crippen LogP contribution < -0.4 is 10.6 Å². The first-order valence-electron chi connectivity index (χ1n) is 3.31. The average molecular weight is 160 g/mol. The van der Waals surface area contributed by atoms with Gasteiger partial charge in [0.05, 0.1) is 6.04 Å². The second-order valence-corrected chi connectivity index (χ2v) is 3.62. The third-order valence-electron chi connectivity index (χ3n) is 1.74. The summed E-state index contributed by atoms with van der Waals surface area (Å²) in [6.45, 7) is 2.88. The maximum atomic E-state index is 10.6. The van der Waals surface area contributed by atoms with Gasteiger partial charge in [-0.3, -0.25) is 0 Å². The van der Waals surface area contributed by atoms with Crippen molar-refractivity contribution in [3.63, 3.8) is 0 Å². The van der Waals surface area contributed by atoms with E-state index in [0.29, 0.717) is 11.3 Å². The van der Waals surface area contributed by atoms with Crippen LogP contribution in [0.15, 0.2) is 0 Å². The molecule has 0 aromatic heterocycles. The molecule has 2 unspecified atom stereocenters. The first-order valence-corrected chi connectivity index (χ1v) is 4.60. The monoisotopic (exact) mass is 160 g/mol. The molecule has 1 aliphatic heterocycles. The van der Waals surface area contributed by atoms with Crippen LogP contribution in [-0.2, 0) is 0 Å². The van der Waals surface area contributed by atoms with Crippen LogP contribution in [0.5, 0.6) is 0 Å². The first-order chi connectivity index (χ1) is 4.74. The van der Waals surface area contributed by atoms with E-state index in [2.05, 4.69) is 23.8 Å². The quantitative estimate of drug-likeness (QED) is 0.614. The van der Waals surface area contributed by atoms with E-state index in [4.69, 9.17) is 0 Å². The summed E-state index contributed by atoms with van der Waals surface area (Å²) in [5, 5.41) is 6.05. The third-order valence-corrected chi connectivity index (χ3v) is 2.81. The zero-order valence-corrected chi connectivity index (χ0v) is 6.99. The smallest absolute Gasteiger partial charge is 0.315 e. The van der Waals surface area contributed by atoms with Crippen LogP contribution in [0.3, 0.4) is 0 Å². The van der Waals surface area contributed by atoms with Gasteiger partial charge in [-0.15, -0.1) is 0 Å². The molecular weight excluding hydrogens is 148 g/mol. The van der Waals surface area contributed by atoms with Crippen LogP contribution >= 0.6 is 11.8 Å². The minimum absolute atomic E-state index is 0.0362. The molecule has 1 saturated heterocycles. The maximum Gasteiger partial charge on any atom is 0.315 e. The normalized spacial score (nSPS) is 27.4. The summed E-state index contributed by atoms with van der Waals surface area (Å²) < 4.78 is 0. The molecule has 10 heavy (non-hydrogen) atoms. The largest absolute Gasteiger partial charge is 0.336 e. The van der Waals surface area contributed by atoms with E-state index in [1.807, 2.05) is 0 Å². The molecule has 1 heterocycles. The van der Waals surface area contributed by atoms with Crippen LogP contribution in [0.1, 0.15) is 6.92 Å². The summed E-state index contributed by atoms with van der Waals surface area (Å²) in [5.41, 5.74) is 0. The predicted molar refractivity (Wildman–Crippen MR) is 43.3 cm³/mol. The zero-order valence-electron chi connectivity index (χ0n) is 6.18. The van der Waals surface area contributed by atoms with Crippen molar-refractivity contribution in [2.24, 2.45) is 0 Å². The number of thioether (sulfide) groups is 1. The molecule has 3 nitrogen and oxygen atoms in total. The van der Waals surface area contributed by atoms with Crippen molar-refractivity contribution in [3.8, 4) is 0 Å². The average Bonchev–Trinajstić information content (AvgIpc) is 2.34. The van der Waals surface area contributed by atoms with Gasteiger partial charge in [0.1, 0.15) is 0 Å². The lowest BCUT2D eigenvalue weighted by molar-refractivity contribution is 0.247. The fourth-order valence-corrected chi connectivity index (χ4v) is 1.41. The van der Waals surface area contributed by atoms with E-state index in [-0.39, 0.29) is 6.03 Å². The van der Waals surface area contributed by atoms with Crippen LogP contribution in [0.25, 0.3) is 0 Å². The molecule has 0 saturated carbocycles. The molecule has 0 spiro atoms. The number of hydrogen-bond acceptors (Lipinski definition) is 2. The number of rotatable bonds is 2. The number of nitrogens with one attached hydrogen (secondary N) is 2. The minimum Gasteiger partial charge on any atom is -0.336 e. The van der Waals surface area contributed by atoms with Crippen molar-refractivity contribution in [2.75, 3.05) is 12.8 Å². The molecule has 4 heteroatoms. The molecule has 0 aliphatic carbocycles. The standard InChI is InChI=1S/C6H12N2OS/c1-4(10-2)5-3-7-6(9)8-5/h4-5H,3H2,1-2H3,(H2,7,8,9). The Morgan fingerprint density at radius 2 is 2.50 bits per heavy atom. The van der Waals surface area contributed by atoms with Gasteiger partial charge in [-0.25, -0.2) is 4.79 Å². The van der Waals surface area contributed by atoms with Crippen molar-refractivity contribution in [3.05, 3.63) is 0 Å². The van der Waals surface area contributed by atoms with E-state index < -0.39 is 0 Å². The summed E-state index contributed by atoms with van der Waals surface area (Å²) in [4.78, 5) is 10.6. The molecular formula is C6H12N2OS. The van der Waals surface area contributed by atoms with Crippen molar-refractivity contribution in [1.29, 1.82) is 0 Å². The van der Waals surface area contributed by atoms with E-state index >= 15 is 0 Å². The summed E-state index contributed by atoms with van der Waals surface area (Å²) >= 11 is 1.77. The van der Waals surface area contributed by atoms with Crippen molar-refractivity contribution < 1.29 is 4.79 Å². The van der Waals surface area contributed by atoms with Gasteiger partial charge in [0.2, 0.25) is 0 Å². The molecule has 1 fully saturated rings. The van der Waals surface area contributed by atoms with Gasteiger partial charge < -0.3 is 10.6 Å². The molecule has 1 rings (SSSR count). The maximum absolute atomic E-state index is 10.6. The number of hydrogen-bond donors (Lipinski definition) is 2. The molecule has 2 atom stereocenters. The van der Waals surface area contributed by atoms with Crippen molar-refractivity contribution >= 4 is 17.8 Å². The Morgan fingerprint density at radius 3 is 2.90 bits per heavy atom. The van der Waals surface area contributed by atoms with Gasteiger partial charge in [0, 0.05) is 11.8 Å². The lowest BCUT2D eigenvalue weighted by Crippen LogP contribution is -2.34. The van der Waals surface area contributed by atoms with Crippen molar-refractivity contribution in [1.82, 2.24) is 10.6 Å². The highest BCUT2D eigenvalue weighted by Gasteiger charge is 2.24. The molecule has 0 bridgehead atoms. The molecule has 0 aromatic rings. The van der Waals surface area contributed by atoms with Gasteiger partial charge in [-0.05, 0) is 6.26 Å². The molecule has 0 aromatic carbocycles. The van der Waals surface area contributed by atoms with E-state index in [9.17, 15) is 4.79 Å². The Morgan fingerprint density at radius 1 is 1.80 bits per heavy atom. The van der Waals surface area contributed by atoms with Crippen molar-refractivity contribution in [2.45, 2.75) is 18.2 Å². The second kappa shape index (κ2) is 3.14. The van der Waals surface area contributed by atoms with E-state index in [1.165, 1.54) is 0 Å².